The van der Waals surface area contributed by atoms with Gasteiger partial charge in [0.25, 0.3) is 0 Å². The smallest absolute Gasteiger partial charge is 0.344 e. The number of ether oxygens (including phenoxy) is 1. The van der Waals surface area contributed by atoms with Crippen LogP contribution in [0.5, 0.6) is 0 Å². The minimum atomic E-state index is -1.69. The van der Waals surface area contributed by atoms with E-state index in [1.165, 1.54) is 0 Å². The summed E-state index contributed by atoms with van der Waals surface area (Å²) in [6, 6.07) is 5.86. The van der Waals surface area contributed by atoms with E-state index in [2.05, 4.69) is 65.2 Å². The molecule has 4 nitrogen and oxygen atoms in total. The molecule has 6 atom stereocenters. The first-order valence-corrected chi connectivity index (χ1v) is 13.6. The van der Waals surface area contributed by atoms with E-state index < -0.39 is 17.7 Å². The molecule has 1 aromatic rings. The van der Waals surface area contributed by atoms with Gasteiger partial charge in [-0.2, -0.15) is 0 Å². The Labute approximate surface area is 214 Å². The van der Waals surface area contributed by atoms with Gasteiger partial charge < -0.3 is 9.84 Å². The average molecular weight is 484 g/mol. The monoisotopic (exact) mass is 483 g/mol. The third-order valence-electron chi connectivity index (χ3n) is 8.73. The van der Waals surface area contributed by atoms with Gasteiger partial charge in [0.2, 0.25) is 0 Å². The zero-order valence-corrected chi connectivity index (χ0v) is 23.9. The van der Waals surface area contributed by atoms with E-state index in [0.717, 1.165) is 43.4 Å². The van der Waals surface area contributed by atoms with Crippen LogP contribution in [0.25, 0.3) is 0 Å². The molecular formula is C31H49NO3. The Morgan fingerprint density at radius 2 is 1.80 bits per heavy atom. The highest BCUT2D eigenvalue weighted by atomic mass is 16.6. The minimum Gasteiger partial charge on any atom is -0.447 e. The Morgan fingerprint density at radius 1 is 1.14 bits per heavy atom. The van der Waals surface area contributed by atoms with Crippen molar-refractivity contribution in [3.05, 3.63) is 34.9 Å². The summed E-state index contributed by atoms with van der Waals surface area (Å²) in [5.41, 5.74) is 1.18. The number of aliphatic hydroxyl groups is 1. The zero-order chi connectivity index (χ0) is 26.6. The number of rotatable bonds is 8. The molecule has 1 aromatic carbocycles. The molecule has 1 saturated carbocycles. The number of hydrogen-bond donors (Lipinski definition) is 1. The fourth-order valence-electron chi connectivity index (χ4n) is 5.66. The Morgan fingerprint density at radius 3 is 2.37 bits per heavy atom. The van der Waals surface area contributed by atoms with Crippen molar-refractivity contribution in [2.24, 2.45) is 17.8 Å². The van der Waals surface area contributed by atoms with E-state index in [1.54, 1.807) is 6.92 Å². The van der Waals surface area contributed by atoms with E-state index in [0.29, 0.717) is 11.5 Å². The molecule has 196 valence electrons. The lowest BCUT2D eigenvalue weighted by atomic mass is 9.64. The van der Waals surface area contributed by atoms with Crippen molar-refractivity contribution < 1.29 is 14.6 Å². The van der Waals surface area contributed by atoms with Crippen LogP contribution >= 0.6 is 0 Å². The molecule has 1 fully saturated rings. The van der Waals surface area contributed by atoms with Gasteiger partial charge in [-0.25, -0.2) is 4.79 Å². The highest BCUT2D eigenvalue weighted by Crippen LogP contribution is 2.46. The van der Waals surface area contributed by atoms with Crippen LogP contribution in [0, 0.1) is 43.4 Å². The first kappa shape index (κ1) is 29.4. The molecule has 0 bridgehead atoms. The Bertz CT molecular complexity index is 927. The van der Waals surface area contributed by atoms with Crippen molar-refractivity contribution in [1.29, 1.82) is 0 Å². The Kier molecular flexibility index (Phi) is 10.0. The third-order valence-corrected chi connectivity index (χ3v) is 8.73. The van der Waals surface area contributed by atoms with Crippen molar-refractivity contribution in [1.82, 2.24) is 4.90 Å². The summed E-state index contributed by atoms with van der Waals surface area (Å²) >= 11 is 0. The van der Waals surface area contributed by atoms with Crippen LogP contribution in [0.2, 0.25) is 0 Å². The van der Waals surface area contributed by atoms with Crippen LogP contribution in [0.4, 0.5) is 0 Å². The van der Waals surface area contributed by atoms with Gasteiger partial charge in [0.15, 0.2) is 11.7 Å². The van der Waals surface area contributed by atoms with Gasteiger partial charge >= 0.3 is 5.97 Å². The van der Waals surface area contributed by atoms with E-state index >= 15 is 0 Å². The summed E-state index contributed by atoms with van der Waals surface area (Å²) < 4.78 is 5.87. The number of aryl methyl sites for hydroxylation is 2. The normalized spacial score (nSPS) is 24.2. The van der Waals surface area contributed by atoms with E-state index in [-0.39, 0.29) is 23.4 Å². The predicted molar refractivity (Wildman–Crippen MR) is 145 cm³/mol. The molecule has 4 heteroatoms. The molecule has 0 heterocycles. The molecule has 1 aliphatic carbocycles. The second-order valence-corrected chi connectivity index (χ2v) is 11.4. The number of carbonyl (C=O) groups excluding carboxylic acids is 1. The molecule has 0 aliphatic heterocycles. The van der Waals surface area contributed by atoms with Crippen LogP contribution in [0.1, 0.15) is 97.8 Å². The van der Waals surface area contributed by atoms with Crippen LogP contribution in [-0.2, 0) is 15.1 Å². The fraction of sp³-hybridized carbons (Fsp3) is 0.710. The van der Waals surface area contributed by atoms with Crippen molar-refractivity contribution >= 4 is 5.97 Å². The molecule has 0 radical (unpaired) electrons. The summed E-state index contributed by atoms with van der Waals surface area (Å²) in [4.78, 5) is 16.1. The van der Waals surface area contributed by atoms with E-state index in [9.17, 15) is 9.90 Å². The largest absolute Gasteiger partial charge is 0.447 e. The van der Waals surface area contributed by atoms with Gasteiger partial charge in [0.1, 0.15) is 0 Å². The molecule has 2 rings (SSSR count). The van der Waals surface area contributed by atoms with E-state index in [1.807, 2.05) is 32.0 Å². The fourth-order valence-corrected chi connectivity index (χ4v) is 5.66. The number of benzene rings is 1. The first-order chi connectivity index (χ1) is 16.3. The highest BCUT2D eigenvalue weighted by Gasteiger charge is 2.51. The van der Waals surface area contributed by atoms with Crippen LogP contribution in [-0.4, -0.2) is 40.2 Å². The van der Waals surface area contributed by atoms with Crippen molar-refractivity contribution in [2.45, 2.75) is 118 Å². The summed E-state index contributed by atoms with van der Waals surface area (Å²) in [5, 5.41) is 12.1. The standard InChI is InChI=1S/C31H49NO3/c1-11-30(9,10)32(12-2)24(6)17-18-25(7)35-29(33)31(34,27-19-16-21(3)23(5)20-27)28-15-13-14-22(4)26(28)8/h16,19-20,22,24-26,28,34H,11-15H2,1-10H3. The molecule has 6 unspecified atom stereocenters. The second kappa shape index (κ2) is 11.9. The predicted octanol–water partition coefficient (Wildman–Crippen LogP) is 6.40. The first-order valence-electron chi connectivity index (χ1n) is 13.6. The summed E-state index contributed by atoms with van der Waals surface area (Å²) in [6.45, 7) is 22.0. The summed E-state index contributed by atoms with van der Waals surface area (Å²) in [5.74, 6) is 6.32. The third kappa shape index (κ3) is 6.49. The molecule has 0 aromatic heterocycles. The van der Waals surface area contributed by atoms with Crippen LogP contribution < -0.4 is 0 Å². The maximum atomic E-state index is 13.7. The Balaban J connectivity index is 2.34. The lowest BCUT2D eigenvalue weighted by Crippen LogP contribution is -2.50. The van der Waals surface area contributed by atoms with Crippen molar-refractivity contribution in [3.8, 4) is 11.8 Å². The van der Waals surface area contributed by atoms with Gasteiger partial charge in [0, 0.05) is 11.5 Å². The van der Waals surface area contributed by atoms with Crippen LogP contribution in [0.3, 0.4) is 0 Å². The number of esters is 1. The zero-order valence-electron chi connectivity index (χ0n) is 23.9. The maximum Gasteiger partial charge on any atom is 0.344 e. The van der Waals surface area contributed by atoms with E-state index in [4.69, 9.17) is 4.74 Å². The number of nitrogens with zero attached hydrogens (tertiary/aromatic N) is 1. The van der Waals surface area contributed by atoms with Gasteiger partial charge in [-0.15, -0.1) is 0 Å². The SMILES string of the molecule is CCN(C(C)C#CC(C)OC(=O)C(O)(c1ccc(C)c(C)c1)C1CCCC(C)C1C)C(C)(C)CC. The molecule has 1 N–H and O–H groups in total. The quantitative estimate of drug-likeness (QED) is 0.343. The molecule has 0 saturated heterocycles. The summed E-state index contributed by atoms with van der Waals surface area (Å²) in [6.07, 6.45) is 3.35. The van der Waals surface area contributed by atoms with Gasteiger partial charge in [-0.1, -0.05) is 70.6 Å². The molecular weight excluding hydrogens is 434 g/mol. The number of hydrogen-bond acceptors (Lipinski definition) is 4. The lowest BCUT2D eigenvalue weighted by molar-refractivity contribution is -0.182. The molecule has 1 aliphatic rings. The Hall–Kier alpha value is -1.83. The average Bonchev–Trinajstić information content (AvgIpc) is 2.81. The van der Waals surface area contributed by atoms with Gasteiger partial charge in [-0.3, -0.25) is 4.90 Å². The second-order valence-electron chi connectivity index (χ2n) is 11.4. The molecule has 0 amide bonds. The highest BCUT2D eigenvalue weighted by molar-refractivity contribution is 5.82. The summed E-state index contributed by atoms with van der Waals surface area (Å²) in [7, 11) is 0. The molecule has 35 heavy (non-hydrogen) atoms. The topological polar surface area (TPSA) is 49.8 Å². The lowest BCUT2D eigenvalue weighted by Gasteiger charge is -2.43. The number of carbonyl (C=O) groups is 1. The van der Waals surface area contributed by atoms with Gasteiger partial charge in [-0.05, 0) is 89.5 Å². The maximum absolute atomic E-state index is 13.7. The van der Waals surface area contributed by atoms with Crippen molar-refractivity contribution in [2.75, 3.05) is 6.54 Å². The van der Waals surface area contributed by atoms with Crippen LogP contribution in [0.15, 0.2) is 18.2 Å². The van der Waals surface area contributed by atoms with Gasteiger partial charge in [0.05, 0.1) is 6.04 Å². The minimum absolute atomic E-state index is 0.0361. The van der Waals surface area contributed by atoms with Crippen molar-refractivity contribution in [3.63, 3.8) is 0 Å². The molecule has 0 spiro atoms.